The molecule has 5 rings (SSSR count). The summed E-state index contributed by atoms with van der Waals surface area (Å²) in [5, 5.41) is 8.92. The molecule has 1 atom stereocenters. The number of nitrogens with zero attached hydrogens (tertiary/aromatic N) is 6. The number of aromatic nitrogens is 5. The fourth-order valence-corrected chi connectivity index (χ4v) is 3.67. The zero-order valence-electron chi connectivity index (χ0n) is 15.8. The molecule has 1 saturated heterocycles. The van der Waals surface area contributed by atoms with Crippen LogP contribution in [0.1, 0.15) is 53.0 Å². The van der Waals surface area contributed by atoms with Gasteiger partial charge in [-0.25, -0.2) is 9.67 Å². The van der Waals surface area contributed by atoms with Gasteiger partial charge in [-0.2, -0.15) is 4.98 Å². The highest BCUT2D eigenvalue weighted by Crippen LogP contribution is 2.40. The third-order valence-corrected chi connectivity index (χ3v) is 5.38. The van der Waals surface area contributed by atoms with Crippen LogP contribution >= 0.6 is 11.6 Å². The first-order valence-electron chi connectivity index (χ1n) is 9.52. The minimum absolute atomic E-state index is 0.134. The zero-order chi connectivity index (χ0) is 20.0. The molecule has 10 heteroatoms. The quantitative estimate of drug-likeness (QED) is 0.647. The molecule has 9 nitrogen and oxygen atoms in total. The summed E-state index contributed by atoms with van der Waals surface area (Å²) < 4.78 is 12.5. The van der Waals surface area contributed by atoms with Gasteiger partial charge in [0.15, 0.2) is 5.82 Å². The zero-order valence-corrected chi connectivity index (χ0v) is 16.5. The van der Waals surface area contributed by atoms with E-state index in [1.165, 1.54) is 0 Å². The van der Waals surface area contributed by atoms with Crippen molar-refractivity contribution in [2.24, 2.45) is 0 Å². The topological polar surface area (TPSA) is 99.2 Å². The number of hydrogen-bond acceptors (Lipinski definition) is 7. The number of carbonyl (C=O) groups is 1. The molecular weight excluding hydrogens is 396 g/mol. The summed E-state index contributed by atoms with van der Waals surface area (Å²) >= 11 is 6.37. The van der Waals surface area contributed by atoms with Crippen molar-refractivity contribution in [3.05, 3.63) is 52.7 Å². The second kappa shape index (κ2) is 7.23. The van der Waals surface area contributed by atoms with Crippen molar-refractivity contribution in [1.29, 1.82) is 0 Å². The number of carbonyl (C=O) groups excluding carboxylic acids is 1. The molecule has 1 aliphatic heterocycles. The summed E-state index contributed by atoms with van der Waals surface area (Å²) in [6, 6.07) is 6.95. The van der Waals surface area contributed by atoms with E-state index in [9.17, 15) is 4.79 Å². The average molecular weight is 415 g/mol. The van der Waals surface area contributed by atoms with Crippen molar-refractivity contribution >= 4 is 17.5 Å². The molecule has 1 saturated carbocycles. The Bertz CT molecular complexity index is 1060. The van der Waals surface area contributed by atoms with Gasteiger partial charge in [-0.3, -0.25) is 4.79 Å². The van der Waals surface area contributed by atoms with E-state index in [2.05, 4.69) is 20.2 Å². The highest BCUT2D eigenvalue weighted by molar-refractivity contribution is 6.32. The maximum Gasteiger partial charge on any atom is 0.294 e. The largest absolute Gasteiger partial charge is 0.377 e. The van der Waals surface area contributed by atoms with E-state index in [1.54, 1.807) is 22.6 Å². The number of para-hydroxylation sites is 1. The Morgan fingerprint density at radius 2 is 2.07 bits per heavy atom. The van der Waals surface area contributed by atoms with Crippen LogP contribution in [0.4, 0.5) is 0 Å². The molecule has 2 aliphatic rings. The first-order valence-corrected chi connectivity index (χ1v) is 9.90. The van der Waals surface area contributed by atoms with E-state index in [0.717, 1.165) is 18.7 Å². The first kappa shape index (κ1) is 18.3. The number of ether oxygens (including phenoxy) is 1. The van der Waals surface area contributed by atoms with Crippen LogP contribution in [0.25, 0.3) is 5.69 Å². The normalized spacial score (nSPS) is 19.5. The number of rotatable bonds is 4. The molecule has 2 aromatic heterocycles. The van der Waals surface area contributed by atoms with Gasteiger partial charge >= 0.3 is 0 Å². The number of halogens is 1. The summed E-state index contributed by atoms with van der Waals surface area (Å²) in [6.45, 7) is 2.84. The van der Waals surface area contributed by atoms with Crippen LogP contribution in [0, 0.1) is 6.92 Å². The maximum atomic E-state index is 13.3. The fourth-order valence-electron chi connectivity index (χ4n) is 3.45. The van der Waals surface area contributed by atoms with Crippen molar-refractivity contribution in [2.45, 2.75) is 31.7 Å². The van der Waals surface area contributed by atoms with E-state index in [1.807, 2.05) is 18.2 Å². The third kappa shape index (κ3) is 3.40. The van der Waals surface area contributed by atoms with E-state index in [0.29, 0.717) is 41.5 Å². The Kier molecular flexibility index (Phi) is 4.56. The molecule has 1 amide bonds. The van der Waals surface area contributed by atoms with Crippen LogP contribution < -0.4 is 0 Å². The fraction of sp³-hybridized carbons (Fsp3) is 0.421. The van der Waals surface area contributed by atoms with Crippen LogP contribution in [0.3, 0.4) is 0 Å². The lowest BCUT2D eigenvalue weighted by molar-refractivity contribution is -0.0125. The van der Waals surface area contributed by atoms with Crippen LogP contribution in [0.15, 0.2) is 28.8 Å². The van der Waals surface area contributed by atoms with Gasteiger partial charge in [0.05, 0.1) is 23.9 Å². The molecule has 2 fully saturated rings. The van der Waals surface area contributed by atoms with E-state index >= 15 is 0 Å². The summed E-state index contributed by atoms with van der Waals surface area (Å²) in [6.07, 6.45) is 2.05. The van der Waals surface area contributed by atoms with Crippen molar-refractivity contribution in [3.63, 3.8) is 0 Å². The lowest BCUT2D eigenvalue weighted by Crippen LogP contribution is -2.44. The predicted octanol–water partition coefficient (Wildman–Crippen LogP) is 2.70. The third-order valence-electron chi connectivity index (χ3n) is 5.06. The van der Waals surface area contributed by atoms with Gasteiger partial charge in [0, 0.05) is 12.5 Å². The van der Waals surface area contributed by atoms with Crippen LogP contribution in [-0.2, 0) is 4.74 Å². The van der Waals surface area contributed by atoms with Gasteiger partial charge in [-0.15, -0.1) is 5.10 Å². The second-order valence-corrected chi connectivity index (χ2v) is 7.61. The van der Waals surface area contributed by atoms with Gasteiger partial charge in [0.25, 0.3) is 11.8 Å². The van der Waals surface area contributed by atoms with Crippen LogP contribution in [0.5, 0.6) is 0 Å². The Hall–Kier alpha value is -2.78. The monoisotopic (exact) mass is 414 g/mol. The van der Waals surface area contributed by atoms with E-state index < -0.39 is 6.04 Å². The van der Waals surface area contributed by atoms with Crippen molar-refractivity contribution in [2.75, 3.05) is 19.8 Å². The molecule has 0 radical (unpaired) electrons. The van der Waals surface area contributed by atoms with Crippen LogP contribution in [0.2, 0.25) is 5.02 Å². The highest BCUT2D eigenvalue weighted by atomic mass is 35.5. The van der Waals surface area contributed by atoms with E-state index in [4.69, 9.17) is 20.9 Å². The predicted molar refractivity (Wildman–Crippen MR) is 102 cm³/mol. The summed E-state index contributed by atoms with van der Waals surface area (Å²) in [5.74, 6) is 1.76. The number of benzene rings is 1. The van der Waals surface area contributed by atoms with Crippen molar-refractivity contribution in [1.82, 2.24) is 29.8 Å². The number of amides is 1. The van der Waals surface area contributed by atoms with Gasteiger partial charge < -0.3 is 14.2 Å². The number of morpholine rings is 1. The number of hydrogen-bond donors (Lipinski definition) is 0. The molecule has 1 aromatic carbocycles. The van der Waals surface area contributed by atoms with Gasteiger partial charge in [0.2, 0.25) is 5.82 Å². The highest BCUT2D eigenvalue weighted by Gasteiger charge is 2.37. The Balaban J connectivity index is 1.51. The Labute approximate surface area is 171 Å². The first-order chi connectivity index (χ1) is 14.1. The molecule has 29 heavy (non-hydrogen) atoms. The number of aryl methyl sites for hydroxylation is 1. The minimum Gasteiger partial charge on any atom is -0.377 e. The van der Waals surface area contributed by atoms with Crippen LogP contribution in [-0.4, -0.2) is 55.5 Å². The van der Waals surface area contributed by atoms with Crippen molar-refractivity contribution < 1.29 is 14.1 Å². The molecule has 3 aromatic rings. The van der Waals surface area contributed by atoms with Gasteiger partial charge in [0.1, 0.15) is 11.9 Å². The van der Waals surface area contributed by atoms with Gasteiger partial charge in [-0.1, -0.05) is 28.9 Å². The van der Waals surface area contributed by atoms with E-state index in [-0.39, 0.29) is 18.3 Å². The molecule has 1 aliphatic carbocycles. The Morgan fingerprint density at radius 1 is 1.24 bits per heavy atom. The molecule has 3 heterocycles. The summed E-state index contributed by atoms with van der Waals surface area (Å²) in [4.78, 5) is 23.8. The summed E-state index contributed by atoms with van der Waals surface area (Å²) in [7, 11) is 0. The molecule has 0 spiro atoms. The average Bonchev–Trinajstić information content (AvgIpc) is 3.34. The smallest absolute Gasteiger partial charge is 0.294 e. The second-order valence-electron chi connectivity index (χ2n) is 7.20. The lowest BCUT2D eigenvalue weighted by Gasteiger charge is -2.32. The molecule has 150 valence electrons. The SMILES string of the molecule is Cc1noc(C2COCCN2C(=O)c2nc(C3CC3)n(-c3ccccc3Cl)n2)n1. The molecule has 1 unspecified atom stereocenters. The maximum absolute atomic E-state index is 13.3. The standard InChI is InChI=1S/C19H19ClN6O3/c1-11-21-18(29-24-11)15-10-28-9-8-25(15)19(27)16-22-17(12-6-7-12)26(23-16)14-5-3-2-4-13(14)20/h2-5,12,15H,6-10H2,1H3. The molecular formula is C19H19ClN6O3. The summed E-state index contributed by atoms with van der Waals surface area (Å²) in [5.41, 5.74) is 0.716. The van der Waals surface area contributed by atoms with Crippen molar-refractivity contribution in [3.8, 4) is 5.69 Å². The minimum atomic E-state index is -0.464. The molecule has 0 bridgehead atoms. The molecule has 0 N–H and O–H groups in total. The lowest BCUT2D eigenvalue weighted by atomic mass is 10.2. The Morgan fingerprint density at radius 3 is 2.79 bits per heavy atom. The van der Waals surface area contributed by atoms with Gasteiger partial charge in [-0.05, 0) is 31.9 Å².